The summed E-state index contributed by atoms with van der Waals surface area (Å²) in [6.45, 7) is 2.07. The molecule has 1 rings (SSSR count). The number of carbonyl (C=O) groups is 1. The minimum absolute atomic E-state index is 0.0747. The predicted molar refractivity (Wildman–Crippen MR) is 63.1 cm³/mol. The molecule has 0 heterocycles. The summed E-state index contributed by atoms with van der Waals surface area (Å²) < 4.78 is 4.73. The van der Waals surface area contributed by atoms with Crippen LogP contribution in [0.15, 0.2) is 18.2 Å². The Hall–Kier alpha value is -1.59. The minimum atomic E-state index is -0.754. The normalized spacial score (nSPS) is 12.2. The maximum atomic E-state index is 11.7. The van der Waals surface area contributed by atoms with E-state index in [0.29, 0.717) is 0 Å². The van der Waals surface area contributed by atoms with E-state index in [1.807, 2.05) is 6.92 Å². The van der Waals surface area contributed by atoms with Crippen LogP contribution in [-0.4, -0.2) is 42.5 Å². The van der Waals surface area contributed by atoms with Crippen LogP contribution < -0.4 is 5.32 Å². The Bertz CT molecular complexity index is 392. The first-order valence-electron chi connectivity index (χ1n) is 5.29. The molecule has 1 aromatic rings. The summed E-state index contributed by atoms with van der Waals surface area (Å²) >= 11 is 0. The standard InChI is InChI=1S/C12H17NO4/c1-8-3-4-11(15)10(5-8)12(16)13-6-9(14)7-17-2/h3-5,9,14-15H,6-7H2,1-2H3,(H,13,16). The van der Waals surface area contributed by atoms with E-state index < -0.39 is 12.0 Å². The number of carbonyl (C=O) groups excluding carboxylic acids is 1. The maximum Gasteiger partial charge on any atom is 0.255 e. The summed E-state index contributed by atoms with van der Waals surface area (Å²) in [5.74, 6) is -0.490. The van der Waals surface area contributed by atoms with Crippen LogP contribution in [-0.2, 0) is 4.74 Å². The Morgan fingerprint density at radius 3 is 2.88 bits per heavy atom. The van der Waals surface area contributed by atoms with Gasteiger partial charge in [0.1, 0.15) is 5.75 Å². The van der Waals surface area contributed by atoms with Gasteiger partial charge in [-0.25, -0.2) is 0 Å². The van der Waals surface area contributed by atoms with Crippen LogP contribution in [0.3, 0.4) is 0 Å². The highest BCUT2D eigenvalue weighted by molar-refractivity contribution is 5.96. The molecule has 0 fully saturated rings. The second-order valence-corrected chi connectivity index (χ2v) is 3.84. The van der Waals surface area contributed by atoms with Gasteiger partial charge in [0.05, 0.1) is 18.3 Å². The molecule has 1 amide bonds. The highest BCUT2D eigenvalue weighted by Crippen LogP contribution is 2.17. The SMILES string of the molecule is COCC(O)CNC(=O)c1cc(C)ccc1O. The number of ether oxygens (including phenoxy) is 1. The lowest BCUT2D eigenvalue weighted by atomic mass is 10.1. The average molecular weight is 239 g/mol. The van der Waals surface area contributed by atoms with Crippen LogP contribution in [0.2, 0.25) is 0 Å². The van der Waals surface area contributed by atoms with E-state index in [9.17, 15) is 15.0 Å². The molecule has 5 heteroatoms. The molecule has 0 aliphatic rings. The van der Waals surface area contributed by atoms with Crippen molar-refractivity contribution >= 4 is 5.91 Å². The molecule has 1 aromatic carbocycles. The van der Waals surface area contributed by atoms with E-state index >= 15 is 0 Å². The number of aliphatic hydroxyl groups excluding tert-OH is 1. The number of nitrogens with one attached hydrogen (secondary N) is 1. The van der Waals surface area contributed by atoms with Crippen LogP contribution in [0, 0.1) is 6.92 Å². The third-order valence-corrected chi connectivity index (χ3v) is 2.25. The fourth-order valence-corrected chi connectivity index (χ4v) is 1.39. The van der Waals surface area contributed by atoms with Gasteiger partial charge in [0, 0.05) is 13.7 Å². The molecule has 0 spiro atoms. The second kappa shape index (κ2) is 6.22. The number of aliphatic hydroxyl groups is 1. The number of phenols is 1. The lowest BCUT2D eigenvalue weighted by Gasteiger charge is -2.11. The van der Waals surface area contributed by atoms with Crippen molar-refractivity contribution in [1.29, 1.82) is 0 Å². The Balaban J connectivity index is 2.61. The third kappa shape index (κ3) is 4.05. The molecule has 0 saturated heterocycles. The van der Waals surface area contributed by atoms with Crippen molar-refractivity contribution in [2.45, 2.75) is 13.0 Å². The first kappa shape index (κ1) is 13.5. The van der Waals surface area contributed by atoms with Crippen molar-refractivity contribution in [2.24, 2.45) is 0 Å². The largest absolute Gasteiger partial charge is 0.507 e. The van der Waals surface area contributed by atoms with Crippen LogP contribution in [0.1, 0.15) is 15.9 Å². The van der Waals surface area contributed by atoms with E-state index in [4.69, 9.17) is 4.74 Å². The Kier molecular flexibility index (Phi) is 4.93. The summed E-state index contributed by atoms with van der Waals surface area (Å²) in [4.78, 5) is 11.7. The predicted octanol–water partition coefficient (Wildman–Crippen LogP) is 0.438. The number of amides is 1. The number of phenolic OH excluding ortho intramolecular Hbond substituents is 1. The highest BCUT2D eigenvalue weighted by atomic mass is 16.5. The van der Waals surface area contributed by atoms with Crippen molar-refractivity contribution in [3.63, 3.8) is 0 Å². The van der Waals surface area contributed by atoms with Crippen molar-refractivity contribution in [3.8, 4) is 5.75 Å². The highest BCUT2D eigenvalue weighted by Gasteiger charge is 2.12. The monoisotopic (exact) mass is 239 g/mol. The molecule has 0 aromatic heterocycles. The fourth-order valence-electron chi connectivity index (χ4n) is 1.39. The van der Waals surface area contributed by atoms with Crippen molar-refractivity contribution in [1.82, 2.24) is 5.32 Å². The van der Waals surface area contributed by atoms with E-state index in [-0.39, 0.29) is 24.5 Å². The van der Waals surface area contributed by atoms with E-state index in [1.165, 1.54) is 13.2 Å². The third-order valence-electron chi connectivity index (χ3n) is 2.25. The minimum Gasteiger partial charge on any atom is -0.507 e. The Labute approximate surface area is 100 Å². The molecule has 5 nitrogen and oxygen atoms in total. The molecular weight excluding hydrogens is 222 g/mol. The van der Waals surface area contributed by atoms with Gasteiger partial charge >= 0.3 is 0 Å². The van der Waals surface area contributed by atoms with Crippen molar-refractivity contribution in [3.05, 3.63) is 29.3 Å². The number of aromatic hydroxyl groups is 1. The molecule has 1 unspecified atom stereocenters. The quantitative estimate of drug-likeness (QED) is 0.696. The number of hydrogen-bond acceptors (Lipinski definition) is 4. The number of benzene rings is 1. The van der Waals surface area contributed by atoms with Crippen LogP contribution in [0.4, 0.5) is 0 Å². The molecule has 0 aliphatic carbocycles. The van der Waals surface area contributed by atoms with Crippen molar-refractivity contribution in [2.75, 3.05) is 20.3 Å². The lowest BCUT2D eigenvalue weighted by Crippen LogP contribution is -2.34. The van der Waals surface area contributed by atoms with Crippen LogP contribution >= 0.6 is 0 Å². The number of rotatable bonds is 5. The van der Waals surface area contributed by atoms with Gasteiger partial charge in [-0.3, -0.25) is 4.79 Å². The topological polar surface area (TPSA) is 78.8 Å². The zero-order valence-electron chi connectivity index (χ0n) is 9.93. The fraction of sp³-hybridized carbons (Fsp3) is 0.417. The van der Waals surface area contributed by atoms with Gasteiger partial charge < -0.3 is 20.3 Å². The summed E-state index contributed by atoms with van der Waals surface area (Å²) in [5.41, 5.74) is 1.08. The zero-order valence-corrected chi connectivity index (χ0v) is 9.93. The molecule has 0 bridgehead atoms. The van der Waals surface area contributed by atoms with Crippen molar-refractivity contribution < 1.29 is 19.7 Å². The molecule has 0 radical (unpaired) electrons. The van der Waals surface area contributed by atoms with Gasteiger partial charge in [0.25, 0.3) is 5.91 Å². The van der Waals surface area contributed by atoms with E-state index in [1.54, 1.807) is 12.1 Å². The molecule has 0 aliphatic heterocycles. The van der Waals surface area contributed by atoms with Gasteiger partial charge in [-0.05, 0) is 19.1 Å². The molecule has 3 N–H and O–H groups in total. The maximum absolute atomic E-state index is 11.7. The number of hydrogen-bond donors (Lipinski definition) is 3. The van der Waals surface area contributed by atoms with Crippen LogP contribution in [0.25, 0.3) is 0 Å². The van der Waals surface area contributed by atoms with Gasteiger partial charge in [-0.1, -0.05) is 11.6 Å². The van der Waals surface area contributed by atoms with Gasteiger partial charge in [0.15, 0.2) is 0 Å². The Morgan fingerprint density at radius 1 is 1.53 bits per heavy atom. The van der Waals surface area contributed by atoms with E-state index in [2.05, 4.69) is 5.32 Å². The summed E-state index contributed by atoms with van der Waals surface area (Å²) in [7, 11) is 1.47. The lowest BCUT2D eigenvalue weighted by molar-refractivity contribution is 0.0609. The molecular formula is C12H17NO4. The van der Waals surface area contributed by atoms with Gasteiger partial charge in [-0.2, -0.15) is 0 Å². The summed E-state index contributed by atoms with van der Waals surface area (Å²) in [6.07, 6.45) is -0.754. The zero-order chi connectivity index (χ0) is 12.8. The first-order valence-corrected chi connectivity index (χ1v) is 5.29. The summed E-state index contributed by atoms with van der Waals surface area (Å²) in [6, 6.07) is 4.77. The smallest absolute Gasteiger partial charge is 0.255 e. The van der Waals surface area contributed by atoms with E-state index in [0.717, 1.165) is 5.56 Å². The first-order chi connectivity index (χ1) is 8.04. The molecule has 0 saturated carbocycles. The van der Waals surface area contributed by atoms with Crippen LogP contribution in [0.5, 0.6) is 5.75 Å². The van der Waals surface area contributed by atoms with Gasteiger partial charge in [0.2, 0.25) is 0 Å². The van der Waals surface area contributed by atoms with Gasteiger partial charge in [-0.15, -0.1) is 0 Å². The average Bonchev–Trinajstić information content (AvgIpc) is 2.29. The second-order valence-electron chi connectivity index (χ2n) is 3.84. The molecule has 1 atom stereocenters. The number of methoxy groups -OCH3 is 1. The molecule has 17 heavy (non-hydrogen) atoms. The number of aryl methyl sites for hydroxylation is 1. The molecule has 94 valence electrons. The summed E-state index contributed by atoms with van der Waals surface area (Å²) in [5, 5.41) is 21.4. The Morgan fingerprint density at radius 2 is 2.24 bits per heavy atom.